The van der Waals surface area contributed by atoms with Crippen LogP contribution in [0, 0.1) is 0 Å². The molecule has 1 aliphatic rings. The van der Waals surface area contributed by atoms with Crippen molar-refractivity contribution in [3.05, 3.63) is 18.2 Å². The molecule has 3 heteroatoms. The van der Waals surface area contributed by atoms with E-state index in [4.69, 9.17) is 5.73 Å². The number of benzene rings is 1. The fraction of sp³-hybridized carbons (Fsp3) is 0.400. The van der Waals surface area contributed by atoms with Gasteiger partial charge < -0.3 is 16.4 Å². The van der Waals surface area contributed by atoms with E-state index in [-0.39, 0.29) is 5.54 Å². The first-order valence-electron chi connectivity index (χ1n) is 4.49. The van der Waals surface area contributed by atoms with E-state index in [1.807, 2.05) is 18.2 Å². The molecule has 3 nitrogen and oxygen atoms in total. The molecule has 0 aliphatic carbocycles. The van der Waals surface area contributed by atoms with Gasteiger partial charge in [0.15, 0.2) is 0 Å². The largest absolute Gasteiger partial charge is 0.397 e. The lowest BCUT2D eigenvalue weighted by molar-refractivity contribution is 0.589. The molecule has 0 unspecified atom stereocenters. The van der Waals surface area contributed by atoms with Crippen molar-refractivity contribution < 1.29 is 0 Å². The lowest BCUT2D eigenvalue weighted by atomic mass is 10.0. The number of nitrogens with one attached hydrogen (secondary N) is 2. The molecule has 0 atom stereocenters. The van der Waals surface area contributed by atoms with Crippen LogP contribution in [0.1, 0.15) is 13.8 Å². The highest BCUT2D eigenvalue weighted by atomic mass is 15.1. The van der Waals surface area contributed by atoms with Crippen LogP contribution in [0.4, 0.5) is 17.1 Å². The van der Waals surface area contributed by atoms with Crippen molar-refractivity contribution in [2.75, 3.05) is 22.9 Å². The normalized spacial score (nSPS) is 18.3. The Kier molecular flexibility index (Phi) is 1.62. The van der Waals surface area contributed by atoms with Gasteiger partial charge >= 0.3 is 0 Å². The number of para-hydroxylation sites is 1. The molecule has 0 spiro atoms. The predicted molar refractivity (Wildman–Crippen MR) is 57.0 cm³/mol. The zero-order chi connectivity index (χ0) is 9.47. The van der Waals surface area contributed by atoms with Crippen LogP contribution in [0.15, 0.2) is 18.2 Å². The maximum absolute atomic E-state index is 5.83. The first kappa shape index (κ1) is 8.23. The van der Waals surface area contributed by atoms with Crippen LogP contribution in [0.5, 0.6) is 0 Å². The molecule has 0 amide bonds. The van der Waals surface area contributed by atoms with Crippen molar-refractivity contribution in [2.45, 2.75) is 19.4 Å². The van der Waals surface area contributed by atoms with Crippen molar-refractivity contribution in [1.82, 2.24) is 0 Å². The monoisotopic (exact) mass is 177 g/mol. The topological polar surface area (TPSA) is 50.1 Å². The van der Waals surface area contributed by atoms with Gasteiger partial charge in [0, 0.05) is 12.1 Å². The lowest BCUT2D eigenvalue weighted by Gasteiger charge is -2.35. The molecule has 13 heavy (non-hydrogen) atoms. The van der Waals surface area contributed by atoms with Crippen LogP contribution in [-0.4, -0.2) is 12.1 Å². The second kappa shape index (κ2) is 2.55. The summed E-state index contributed by atoms with van der Waals surface area (Å²) in [5, 5.41) is 6.77. The van der Waals surface area contributed by atoms with E-state index in [2.05, 4.69) is 24.5 Å². The average Bonchev–Trinajstić information content (AvgIpc) is 2.02. The third-order valence-electron chi connectivity index (χ3n) is 2.28. The second-order valence-corrected chi connectivity index (χ2v) is 4.13. The Hall–Kier alpha value is -1.38. The summed E-state index contributed by atoms with van der Waals surface area (Å²) in [6.45, 7) is 5.21. The minimum atomic E-state index is 0.0980. The molecule has 1 aliphatic heterocycles. The predicted octanol–water partition coefficient (Wildman–Crippen LogP) is 1.88. The molecule has 0 aromatic heterocycles. The standard InChI is InChI=1S/C10H15N3/c1-10(2)6-12-9-7(11)4-3-5-8(9)13-10/h3-5,12-13H,6,11H2,1-2H3. The summed E-state index contributed by atoms with van der Waals surface area (Å²) in [6, 6.07) is 5.91. The Bertz CT molecular complexity index is 331. The van der Waals surface area contributed by atoms with E-state index in [9.17, 15) is 0 Å². The molecule has 0 radical (unpaired) electrons. The van der Waals surface area contributed by atoms with E-state index in [1.54, 1.807) is 0 Å². The van der Waals surface area contributed by atoms with E-state index in [1.165, 1.54) is 0 Å². The van der Waals surface area contributed by atoms with Crippen molar-refractivity contribution >= 4 is 17.1 Å². The van der Waals surface area contributed by atoms with Crippen LogP contribution in [0.3, 0.4) is 0 Å². The molecule has 4 N–H and O–H groups in total. The summed E-state index contributed by atoms with van der Waals surface area (Å²) >= 11 is 0. The maximum Gasteiger partial charge on any atom is 0.0810 e. The Morgan fingerprint density at radius 3 is 2.92 bits per heavy atom. The molecule has 1 aromatic rings. The number of rotatable bonds is 0. The molecule has 70 valence electrons. The maximum atomic E-state index is 5.83. The highest BCUT2D eigenvalue weighted by molar-refractivity contribution is 5.83. The van der Waals surface area contributed by atoms with Gasteiger partial charge in [-0.15, -0.1) is 0 Å². The van der Waals surface area contributed by atoms with Gasteiger partial charge in [-0.05, 0) is 26.0 Å². The molecular weight excluding hydrogens is 162 g/mol. The quantitative estimate of drug-likeness (QED) is 0.530. The van der Waals surface area contributed by atoms with Gasteiger partial charge in [-0.2, -0.15) is 0 Å². The highest BCUT2D eigenvalue weighted by Crippen LogP contribution is 2.33. The Morgan fingerprint density at radius 1 is 1.38 bits per heavy atom. The summed E-state index contributed by atoms with van der Waals surface area (Å²) < 4.78 is 0. The summed E-state index contributed by atoms with van der Waals surface area (Å²) in [5.41, 5.74) is 8.85. The zero-order valence-corrected chi connectivity index (χ0v) is 8.02. The molecule has 1 aromatic carbocycles. The smallest absolute Gasteiger partial charge is 0.0810 e. The number of anilines is 3. The molecule has 0 fully saturated rings. The fourth-order valence-corrected chi connectivity index (χ4v) is 1.59. The van der Waals surface area contributed by atoms with Gasteiger partial charge in [0.05, 0.1) is 17.1 Å². The van der Waals surface area contributed by atoms with Gasteiger partial charge in [0.25, 0.3) is 0 Å². The first-order valence-corrected chi connectivity index (χ1v) is 4.49. The molecular formula is C10H15N3. The molecule has 0 saturated carbocycles. The SMILES string of the molecule is CC1(C)CNc2c(N)cccc2N1. The van der Waals surface area contributed by atoms with E-state index < -0.39 is 0 Å². The lowest BCUT2D eigenvalue weighted by Crippen LogP contribution is -2.42. The molecule has 1 heterocycles. The van der Waals surface area contributed by atoms with E-state index >= 15 is 0 Å². The Morgan fingerprint density at radius 2 is 2.15 bits per heavy atom. The van der Waals surface area contributed by atoms with Gasteiger partial charge in [0.1, 0.15) is 0 Å². The van der Waals surface area contributed by atoms with Crippen LogP contribution in [0.2, 0.25) is 0 Å². The van der Waals surface area contributed by atoms with Crippen molar-refractivity contribution in [1.29, 1.82) is 0 Å². The van der Waals surface area contributed by atoms with Gasteiger partial charge in [-0.3, -0.25) is 0 Å². The molecule has 0 bridgehead atoms. The Labute approximate surface area is 78.3 Å². The number of hydrogen-bond acceptors (Lipinski definition) is 3. The van der Waals surface area contributed by atoms with Crippen LogP contribution < -0.4 is 16.4 Å². The zero-order valence-electron chi connectivity index (χ0n) is 8.02. The van der Waals surface area contributed by atoms with E-state index in [0.717, 1.165) is 23.6 Å². The number of nitrogens with two attached hydrogens (primary N) is 1. The second-order valence-electron chi connectivity index (χ2n) is 4.13. The van der Waals surface area contributed by atoms with Crippen molar-refractivity contribution in [3.63, 3.8) is 0 Å². The number of nitrogen functional groups attached to an aromatic ring is 1. The summed E-state index contributed by atoms with van der Waals surface area (Å²) in [4.78, 5) is 0. The highest BCUT2D eigenvalue weighted by Gasteiger charge is 2.24. The number of fused-ring (bicyclic) bond motifs is 1. The van der Waals surface area contributed by atoms with Crippen molar-refractivity contribution in [3.8, 4) is 0 Å². The minimum Gasteiger partial charge on any atom is -0.397 e. The van der Waals surface area contributed by atoms with Crippen LogP contribution in [-0.2, 0) is 0 Å². The third kappa shape index (κ3) is 1.41. The van der Waals surface area contributed by atoms with Gasteiger partial charge in [-0.25, -0.2) is 0 Å². The third-order valence-corrected chi connectivity index (χ3v) is 2.28. The first-order chi connectivity index (χ1) is 6.08. The molecule has 0 saturated heterocycles. The Balaban J connectivity index is 2.42. The summed E-state index contributed by atoms with van der Waals surface area (Å²) in [7, 11) is 0. The van der Waals surface area contributed by atoms with Crippen LogP contribution >= 0.6 is 0 Å². The summed E-state index contributed by atoms with van der Waals surface area (Å²) in [5.74, 6) is 0. The number of hydrogen-bond donors (Lipinski definition) is 3. The fourth-order valence-electron chi connectivity index (χ4n) is 1.59. The van der Waals surface area contributed by atoms with Crippen molar-refractivity contribution in [2.24, 2.45) is 0 Å². The van der Waals surface area contributed by atoms with Gasteiger partial charge in [0.2, 0.25) is 0 Å². The molecule has 2 rings (SSSR count). The van der Waals surface area contributed by atoms with Crippen LogP contribution in [0.25, 0.3) is 0 Å². The minimum absolute atomic E-state index is 0.0980. The van der Waals surface area contributed by atoms with E-state index in [0.29, 0.717) is 0 Å². The van der Waals surface area contributed by atoms with Gasteiger partial charge in [-0.1, -0.05) is 6.07 Å². The average molecular weight is 177 g/mol. The summed E-state index contributed by atoms with van der Waals surface area (Å²) in [6.07, 6.45) is 0.